The minimum atomic E-state index is 0.0477. The number of rotatable bonds is 3. The molecule has 0 radical (unpaired) electrons. The molecule has 120 valence electrons. The van der Waals surface area contributed by atoms with E-state index in [-0.39, 0.29) is 5.91 Å². The zero-order chi connectivity index (χ0) is 16.2. The Morgan fingerprint density at radius 2 is 1.83 bits per heavy atom. The van der Waals surface area contributed by atoms with Crippen LogP contribution in [0.2, 0.25) is 5.02 Å². The summed E-state index contributed by atoms with van der Waals surface area (Å²) in [5.41, 5.74) is 8.24. The number of nitrogens with two attached hydrogens (primary N) is 1. The summed E-state index contributed by atoms with van der Waals surface area (Å²) in [6.45, 7) is 1.61. The van der Waals surface area contributed by atoms with Crippen molar-refractivity contribution in [3.8, 4) is 0 Å². The average molecular weight is 329 g/mol. The fourth-order valence-electron chi connectivity index (χ4n) is 3.15. The highest BCUT2D eigenvalue weighted by molar-refractivity contribution is 6.33. The van der Waals surface area contributed by atoms with E-state index in [9.17, 15) is 4.79 Å². The molecule has 0 spiro atoms. The Balaban J connectivity index is 1.58. The molecular weight excluding hydrogens is 308 g/mol. The Bertz CT molecular complexity index is 679. The molecule has 3 rings (SSSR count). The van der Waals surface area contributed by atoms with Gasteiger partial charge in [-0.05, 0) is 48.9 Å². The van der Waals surface area contributed by atoms with Gasteiger partial charge in [0.2, 0.25) is 0 Å². The summed E-state index contributed by atoms with van der Waals surface area (Å²) < 4.78 is 0. The van der Waals surface area contributed by atoms with Crippen LogP contribution in [-0.2, 0) is 6.42 Å². The maximum atomic E-state index is 12.6. The van der Waals surface area contributed by atoms with Crippen molar-refractivity contribution in [1.82, 2.24) is 4.90 Å². The predicted octanol–water partition coefficient (Wildman–Crippen LogP) is 4.02. The number of halogens is 1. The number of anilines is 1. The Labute approximate surface area is 142 Å². The van der Waals surface area contributed by atoms with Gasteiger partial charge in [-0.25, -0.2) is 0 Å². The normalized spacial score (nSPS) is 15.6. The first-order valence-electron chi connectivity index (χ1n) is 8.01. The molecule has 2 aromatic rings. The lowest BCUT2D eigenvalue weighted by atomic mass is 9.90. The highest BCUT2D eigenvalue weighted by Gasteiger charge is 2.24. The number of benzene rings is 2. The van der Waals surface area contributed by atoms with Crippen LogP contribution in [0.3, 0.4) is 0 Å². The Hall–Kier alpha value is -2.00. The van der Waals surface area contributed by atoms with E-state index in [1.165, 1.54) is 5.56 Å². The van der Waals surface area contributed by atoms with E-state index < -0.39 is 0 Å². The van der Waals surface area contributed by atoms with Crippen molar-refractivity contribution in [3.63, 3.8) is 0 Å². The molecular formula is C19H21ClN2O. The second-order valence-electron chi connectivity index (χ2n) is 6.16. The first-order valence-corrected chi connectivity index (χ1v) is 8.39. The van der Waals surface area contributed by atoms with Crippen LogP contribution in [0.4, 0.5) is 5.69 Å². The smallest absolute Gasteiger partial charge is 0.253 e. The van der Waals surface area contributed by atoms with Gasteiger partial charge in [-0.1, -0.05) is 41.9 Å². The van der Waals surface area contributed by atoms with Crippen LogP contribution < -0.4 is 5.73 Å². The molecule has 23 heavy (non-hydrogen) atoms. The molecule has 1 amide bonds. The summed E-state index contributed by atoms with van der Waals surface area (Å²) in [7, 11) is 0. The molecule has 1 aliphatic heterocycles. The van der Waals surface area contributed by atoms with E-state index in [0.717, 1.165) is 32.4 Å². The van der Waals surface area contributed by atoms with Gasteiger partial charge in [0.25, 0.3) is 5.91 Å². The van der Waals surface area contributed by atoms with E-state index in [4.69, 9.17) is 17.3 Å². The van der Waals surface area contributed by atoms with E-state index in [0.29, 0.717) is 22.2 Å². The number of nitrogens with zero attached hydrogens (tertiary/aromatic N) is 1. The van der Waals surface area contributed by atoms with Crippen LogP contribution in [0.25, 0.3) is 0 Å². The van der Waals surface area contributed by atoms with Crippen LogP contribution >= 0.6 is 11.6 Å². The topological polar surface area (TPSA) is 46.3 Å². The van der Waals surface area contributed by atoms with Gasteiger partial charge in [0.15, 0.2) is 0 Å². The molecule has 2 N–H and O–H groups in total. The van der Waals surface area contributed by atoms with Crippen molar-refractivity contribution in [2.45, 2.75) is 19.3 Å². The van der Waals surface area contributed by atoms with Gasteiger partial charge < -0.3 is 10.6 Å². The van der Waals surface area contributed by atoms with Gasteiger partial charge >= 0.3 is 0 Å². The van der Waals surface area contributed by atoms with Gasteiger partial charge in [0.1, 0.15) is 0 Å². The highest BCUT2D eigenvalue weighted by atomic mass is 35.5. The Morgan fingerprint density at radius 3 is 2.48 bits per heavy atom. The third-order valence-electron chi connectivity index (χ3n) is 4.51. The molecule has 0 atom stereocenters. The third kappa shape index (κ3) is 3.85. The zero-order valence-corrected chi connectivity index (χ0v) is 13.8. The summed E-state index contributed by atoms with van der Waals surface area (Å²) >= 11 is 5.92. The molecule has 1 aliphatic rings. The van der Waals surface area contributed by atoms with Crippen LogP contribution in [-0.4, -0.2) is 23.9 Å². The summed E-state index contributed by atoms with van der Waals surface area (Å²) in [5, 5.41) is 0.489. The quantitative estimate of drug-likeness (QED) is 0.865. The molecule has 1 saturated heterocycles. The fraction of sp³-hybridized carbons (Fsp3) is 0.316. The molecule has 0 aliphatic carbocycles. The zero-order valence-electron chi connectivity index (χ0n) is 13.0. The minimum Gasteiger partial charge on any atom is -0.398 e. The number of piperidine rings is 1. The van der Waals surface area contributed by atoms with Crippen molar-refractivity contribution in [1.29, 1.82) is 0 Å². The van der Waals surface area contributed by atoms with E-state index in [1.54, 1.807) is 18.2 Å². The Morgan fingerprint density at radius 1 is 1.13 bits per heavy atom. The average Bonchev–Trinajstić information content (AvgIpc) is 2.58. The molecule has 4 heteroatoms. The van der Waals surface area contributed by atoms with Crippen LogP contribution in [0.5, 0.6) is 0 Å². The first kappa shape index (κ1) is 15.9. The van der Waals surface area contributed by atoms with Gasteiger partial charge in [-0.15, -0.1) is 0 Å². The molecule has 0 unspecified atom stereocenters. The molecule has 0 saturated carbocycles. The summed E-state index contributed by atoms with van der Waals surface area (Å²) in [5.74, 6) is 0.697. The summed E-state index contributed by atoms with van der Waals surface area (Å²) in [6, 6.07) is 15.7. The molecule has 1 fully saturated rings. The summed E-state index contributed by atoms with van der Waals surface area (Å²) in [4.78, 5) is 14.5. The third-order valence-corrected chi connectivity index (χ3v) is 4.86. The van der Waals surface area contributed by atoms with Gasteiger partial charge in [0, 0.05) is 18.7 Å². The van der Waals surface area contributed by atoms with Gasteiger partial charge in [0.05, 0.1) is 10.7 Å². The molecule has 2 aromatic carbocycles. The maximum Gasteiger partial charge on any atom is 0.253 e. The number of hydrogen-bond donors (Lipinski definition) is 1. The van der Waals surface area contributed by atoms with Crippen LogP contribution in [0.15, 0.2) is 48.5 Å². The number of likely N-dealkylation sites (tertiary alicyclic amines) is 1. The van der Waals surface area contributed by atoms with E-state index in [2.05, 4.69) is 24.3 Å². The number of carbonyl (C=O) groups excluding carboxylic acids is 1. The number of nitrogen functional groups attached to an aromatic ring is 1. The lowest BCUT2D eigenvalue weighted by Crippen LogP contribution is -2.38. The first-order chi connectivity index (χ1) is 11.1. The second-order valence-corrected chi connectivity index (χ2v) is 6.57. The number of hydrogen-bond acceptors (Lipinski definition) is 2. The van der Waals surface area contributed by atoms with Crippen LogP contribution in [0, 0.1) is 5.92 Å². The number of carbonyl (C=O) groups is 1. The molecule has 1 heterocycles. The summed E-state index contributed by atoms with van der Waals surface area (Å²) in [6.07, 6.45) is 3.18. The fourth-order valence-corrected chi connectivity index (χ4v) is 3.26. The van der Waals surface area contributed by atoms with Crippen molar-refractivity contribution in [3.05, 3.63) is 64.7 Å². The lowest BCUT2D eigenvalue weighted by Gasteiger charge is -2.32. The van der Waals surface area contributed by atoms with Crippen molar-refractivity contribution < 1.29 is 4.79 Å². The minimum absolute atomic E-state index is 0.0477. The van der Waals surface area contributed by atoms with Gasteiger partial charge in [-0.3, -0.25) is 4.79 Å². The SMILES string of the molecule is Nc1cc(C(=O)N2CCC(Cc3ccccc3)CC2)ccc1Cl. The van der Waals surface area contributed by atoms with Gasteiger partial charge in [-0.2, -0.15) is 0 Å². The molecule has 0 bridgehead atoms. The largest absolute Gasteiger partial charge is 0.398 e. The monoisotopic (exact) mass is 328 g/mol. The van der Waals surface area contributed by atoms with Crippen molar-refractivity contribution in [2.24, 2.45) is 5.92 Å². The van der Waals surface area contributed by atoms with Crippen molar-refractivity contribution in [2.75, 3.05) is 18.8 Å². The predicted molar refractivity (Wildman–Crippen MR) is 94.6 cm³/mol. The number of amides is 1. The lowest BCUT2D eigenvalue weighted by molar-refractivity contribution is 0.0690. The standard InChI is InChI=1S/C19H21ClN2O/c20-17-7-6-16(13-18(17)21)19(23)22-10-8-15(9-11-22)12-14-4-2-1-3-5-14/h1-7,13,15H,8-12,21H2. The highest BCUT2D eigenvalue weighted by Crippen LogP contribution is 2.24. The molecule has 0 aromatic heterocycles. The van der Waals surface area contributed by atoms with E-state index >= 15 is 0 Å². The van der Waals surface area contributed by atoms with E-state index in [1.807, 2.05) is 11.0 Å². The maximum absolute atomic E-state index is 12.6. The van der Waals surface area contributed by atoms with Crippen molar-refractivity contribution >= 4 is 23.2 Å². The second kappa shape index (κ2) is 7.05. The van der Waals surface area contributed by atoms with Crippen LogP contribution in [0.1, 0.15) is 28.8 Å². The Kier molecular flexibility index (Phi) is 4.87. The molecule has 3 nitrogen and oxygen atoms in total.